The lowest BCUT2D eigenvalue weighted by atomic mass is 9.80. The van der Waals surface area contributed by atoms with E-state index in [-0.39, 0.29) is 24.4 Å². The topological polar surface area (TPSA) is 81.7 Å². The summed E-state index contributed by atoms with van der Waals surface area (Å²) in [6, 6.07) is 27.1. The van der Waals surface area contributed by atoms with Gasteiger partial charge in [-0.15, -0.1) is 0 Å². The van der Waals surface area contributed by atoms with E-state index in [1.54, 1.807) is 14.2 Å². The van der Waals surface area contributed by atoms with Crippen LogP contribution in [0.4, 0.5) is 0 Å². The molecule has 0 bridgehead atoms. The van der Waals surface area contributed by atoms with E-state index in [9.17, 15) is 4.79 Å². The fraction of sp³-hybridized carbons (Fsp3) is 0.537. The monoisotopic (exact) mass is 738 g/mol. The zero-order valence-electron chi connectivity index (χ0n) is 33.0. The zero-order chi connectivity index (χ0) is 37.9. The minimum atomic E-state index is -2.31. The van der Waals surface area contributed by atoms with Gasteiger partial charge in [-0.3, -0.25) is 4.79 Å². The van der Waals surface area contributed by atoms with Gasteiger partial charge in [-0.1, -0.05) is 95.0 Å². The van der Waals surface area contributed by atoms with Gasteiger partial charge < -0.3 is 32.8 Å². The number of carbonyl (C=O) groups is 1. The van der Waals surface area contributed by atoms with E-state index < -0.39 is 40.1 Å². The second kappa shape index (κ2) is 18.7. The Labute approximate surface area is 309 Å². The van der Waals surface area contributed by atoms with Crippen LogP contribution >= 0.6 is 0 Å². The summed E-state index contributed by atoms with van der Waals surface area (Å²) in [4.78, 5) is 13.0. The highest BCUT2D eigenvalue weighted by molar-refractivity contribution is 6.76. The fourth-order valence-electron chi connectivity index (χ4n) is 5.56. The first-order chi connectivity index (χ1) is 24.0. The largest absolute Gasteiger partial charge is 0.497 e. The van der Waals surface area contributed by atoms with Crippen LogP contribution in [0.1, 0.15) is 50.8 Å². The summed E-state index contributed by atoms with van der Waals surface area (Å²) >= 11 is 0. The van der Waals surface area contributed by atoms with Crippen molar-refractivity contribution in [3.8, 4) is 11.5 Å². The third kappa shape index (κ3) is 11.8. The van der Waals surface area contributed by atoms with Crippen LogP contribution in [-0.2, 0) is 33.8 Å². The highest BCUT2D eigenvalue weighted by atomic mass is 28.4. The smallest absolute Gasteiger partial charge is 0.310 e. The molecule has 282 valence electrons. The van der Waals surface area contributed by atoms with Gasteiger partial charge in [0.1, 0.15) is 23.9 Å². The Morgan fingerprint density at radius 2 is 1.25 bits per heavy atom. The molecule has 0 saturated carbocycles. The van der Waals surface area contributed by atoms with Crippen molar-refractivity contribution >= 4 is 22.4 Å². The first-order valence-electron chi connectivity index (χ1n) is 17.9. The predicted molar refractivity (Wildman–Crippen MR) is 210 cm³/mol. The molecule has 0 aliphatic heterocycles. The van der Waals surface area contributed by atoms with Gasteiger partial charge in [-0.05, 0) is 72.1 Å². The van der Waals surface area contributed by atoms with Crippen LogP contribution in [0.5, 0.6) is 11.5 Å². The van der Waals surface area contributed by atoms with Crippen molar-refractivity contribution in [2.75, 3.05) is 41.3 Å². The number of rotatable bonds is 20. The first kappa shape index (κ1) is 42.4. The molecule has 3 rings (SSSR count). The highest BCUT2D eigenvalue weighted by Gasteiger charge is 2.43. The van der Waals surface area contributed by atoms with Crippen LogP contribution in [0.25, 0.3) is 0 Å². The number of esters is 1. The predicted octanol–water partition coefficient (Wildman–Crippen LogP) is 9.30. The van der Waals surface area contributed by atoms with Gasteiger partial charge in [0, 0.05) is 21.1 Å². The molecule has 0 aliphatic carbocycles. The van der Waals surface area contributed by atoms with Gasteiger partial charge in [0.2, 0.25) is 0 Å². The van der Waals surface area contributed by atoms with E-state index in [4.69, 9.17) is 32.8 Å². The van der Waals surface area contributed by atoms with E-state index in [0.717, 1.165) is 34.2 Å². The van der Waals surface area contributed by atoms with E-state index in [0.29, 0.717) is 13.0 Å². The molecule has 0 unspecified atom stereocenters. The molecule has 10 heteroatoms. The third-order valence-corrected chi connectivity index (χ3v) is 16.1. The Bertz CT molecular complexity index is 1420. The lowest BCUT2D eigenvalue weighted by Gasteiger charge is -2.42. The maximum Gasteiger partial charge on any atom is 0.310 e. The van der Waals surface area contributed by atoms with Crippen molar-refractivity contribution in [2.45, 2.75) is 95.7 Å². The normalized spacial score (nSPS) is 14.4. The average molecular weight is 739 g/mol. The van der Waals surface area contributed by atoms with E-state index >= 15 is 0 Å². The highest BCUT2D eigenvalue weighted by Crippen LogP contribution is 2.43. The van der Waals surface area contributed by atoms with Gasteiger partial charge in [-0.2, -0.15) is 0 Å². The summed E-state index contributed by atoms with van der Waals surface area (Å²) in [6.07, 6.45) is -0.559. The quantitative estimate of drug-likeness (QED) is 0.0373. The Morgan fingerprint density at radius 1 is 0.745 bits per heavy atom. The molecule has 8 nitrogen and oxygen atoms in total. The summed E-state index contributed by atoms with van der Waals surface area (Å²) in [7, 11) is 1.13. The number of carbonyl (C=O) groups excluding carboxylic acids is 1. The van der Waals surface area contributed by atoms with Crippen LogP contribution in [0.15, 0.2) is 78.9 Å². The van der Waals surface area contributed by atoms with Crippen LogP contribution in [-0.4, -0.2) is 75.9 Å². The van der Waals surface area contributed by atoms with Crippen molar-refractivity contribution in [3.05, 3.63) is 95.6 Å². The van der Waals surface area contributed by atoms with E-state index in [1.165, 1.54) is 7.11 Å². The number of ether oxygens (including phenoxy) is 6. The molecule has 0 saturated heterocycles. The van der Waals surface area contributed by atoms with Gasteiger partial charge in [-0.25, -0.2) is 0 Å². The summed E-state index contributed by atoms with van der Waals surface area (Å²) < 4.78 is 43.1. The van der Waals surface area contributed by atoms with Gasteiger partial charge in [0.25, 0.3) is 0 Å². The molecular weight excluding hydrogens is 677 g/mol. The summed E-state index contributed by atoms with van der Waals surface area (Å²) in [5, 5.41) is -0.0703. The second-order valence-corrected chi connectivity index (χ2v) is 26.3. The lowest BCUT2D eigenvalue weighted by Crippen LogP contribution is -2.48. The molecular formula is C41H62O8Si2. The Kier molecular flexibility index (Phi) is 15.5. The van der Waals surface area contributed by atoms with Crippen LogP contribution in [0, 0.1) is 5.92 Å². The Morgan fingerprint density at radius 3 is 1.71 bits per heavy atom. The maximum atomic E-state index is 13.0. The number of hydrogen-bond acceptors (Lipinski definition) is 8. The number of methoxy groups -OCH3 is 3. The molecule has 0 amide bonds. The lowest BCUT2D eigenvalue weighted by molar-refractivity contribution is -0.153. The minimum absolute atomic E-state index is 0.0703. The van der Waals surface area contributed by atoms with E-state index in [1.807, 2.05) is 73.7 Å². The number of hydrogen-bond donors (Lipinski definition) is 0. The van der Waals surface area contributed by atoms with Crippen LogP contribution < -0.4 is 9.47 Å². The molecule has 51 heavy (non-hydrogen) atoms. The molecule has 0 aromatic heterocycles. The Balaban J connectivity index is 2.12. The van der Waals surface area contributed by atoms with Crippen LogP contribution in [0.3, 0.4) is 0 Å². The van der Waals surface area contributed by atoms with Crippen molar-refractivity contribution in [2.24, 2.45) is 5.92 Å². The Hall–Kier alpha value is -3.00. The molecule has 0 radical (unpaired) electrons. The zero-order valence-corrected chi connectivity index (χ0v) is 35.0. The summed E-state index contributed by atoms with van der Waals surface area (Å²) in [5.74, 6) is 0.647. The molecule has 3 aromatic rings. The maximum absolute atomic E-state index is 13.0. The minimum Gasteiger partial charge on any atom is -0.497 e. The second-order valence-electron chi connectivity index (χ2n) is 15.9. The van der Waals surface area contributed by atoms with Crippen molar-refractivity contribution in [1.82, 2.24) is 0 Å². The van der Waals surface area contributed by atoms with Crippen molar-refractivity contribution in [1.29, 1.82) is 0 Å². The molecule has 0 N–H and O–H groups in total. The first-order valence-corrected chi connectivity index (χ1v) is 24.5. The summed E-state index contributed by atoms with van der Waals surface area (Å²) in [5.41, 5.74) is 1.75. The van der Waals surface area contributed by atoms with Gasteiger partial charge in [0.05, 0.1) is 46.1 Å². The molecule has 0 heterocycles. The third-order valence-electron chi connectivity index (χ3n) is 9.92. The standard InChI is InChI=1S/C41H62O8Si2/c1-31(39(42)45-7)38(49-51(11,12)40(2,3)4)28-37(47-30-46-26-27-50(8,9)10)29-48-41(32-16-14-13-15-17-32,33-18-22-35(43-5)23-19-33)34-20-24-36(44-6)25-21-34/h13-25,31,37-38H,26-30H2,1-12H3/t31-,37+,38-/m1/s1. The molecule has 3 atom stereocenters. The van der Waals surface area contributed by atoms with Gasteiger partial charge in [0.15, 0.2) is 8.32 Å². The number of benzene rings is 3. The molecule has 0 aliphatic rings. The van der Waals surface area contributed by atoms with Crippen molar-refractivity contribution < 1.29 is 37.6 Å². The fourth-order valence-corrected chi connectivity index (χ4v) is 7.73. The SMILES string of the molecule is COC(=O)[C@H](C)[C@@H](C[C@@H](COC(c1ccccc1)(c1ccc(OC)cc1)c1ccc(OC)cc1)OCOCC[Si](C)(C)C)O[Si](C)(C)C(C)(C)C. The average Bonchev–Trinajstić information content (AvgIpc) is 3.10. The van der Waals surface area contributed by atoms with Crippen molar-refractivity contribution in [3.63, 3.8) is 0 Å². The van der Waals surface area contributed by atoms with Gasteiger partial charge >= 0.3 is 5.97 Å². The van der Waals surface area contributed by atoms with E-state index in [2.05, 4.69) is 65.6 Å². The molecule has 0 fully saturated rings. The molecule has 3 aromatic carbocycles. The summed E-state index contributed by atoms with van der Waals surface area (Å²) in [6.45, 7) is 20.7. The van der Waals surface area contributed by atoms with Crippen LogP contribution in [0.2, 0.25) is 43.8 Å². The molecule has 0 spiro atoms.